The monoisotopic (exact) mass is 338 g/mol. The number of aliphatic hydroxyl groups excluding tert-OH is 1. The Kier molecular flexibility index (Phi) is 6.84. The largest absolute Gasteiger partial charge is 0.367 e. The highest BCUT2D eigenvalue weighted by molar-refractivity contribution is 6.31. The van der Waals surface area contributed by atoms with Gasteiger partial charge in [-0.3, -0.25) is 9.18 Å². The lowest BCUT2D eigenvalue weighted by Crippen LogP contribution is -2.25. The van der Waals surface area contributed by atoms with Crippen molar-refractivity contribution >= 4 is 17.4 Å². The quantitative estimate of drug-likeness (QED) is 0.914. The molecule has 0 spiro atoms. The van der Waals surface area contributed by atoms with E-state index in [-0.39, 0.29) is 22.8 Å². The highest BCUT2D eigenvalue weighted by Gasteiger charge is 2.33. The number of ether oxygens (including phenoxy) is 1. The van der Waals surface area contributed by atoms with Gasteiger partial charge < -0.3 is 9.84 Å². The fraction of sp³-hybridized carbons (Fsp3) is 0.533. The van der Waals surface area contributed by atoms with Crippen molar-refractivity contribution in [1.82, 2.24) is 0 Å². The van der Waals surface area contributed by atoms with Gasteiger partial charge in [-0.1, -0.05) is 17.7 Å². The second-order valence-electron chi connectivity index (χ2n) is 4.99. The van der Waals surface area contributed by atoms with Crippen molar-refractivity contribution in [2.75, 3.05) is 13.8 Å². The van der Waals surface area contributed by atoms with Crippen LogP contribution in [0.2, 0.25) is 5.02 Å². The van der Waals surface area contributed by atoms with E-state index in [1.807, 2.05) is 0 Å². The molecule has 124 valence electrons. The number of rotatable bonds is 4. The summed E-state index contributed by atoms with van der Waals surface area (Å²) in [6.07, 6.45) is -0.771. The van der Waals surface area contributed by atoms with Gasteiger partial charge in [0.05, 0.1) is 19.7 Å². The molecule has 1 saturated heterocycles. The molecule has 0 aromatic heterocycles. The SMILES string of the molecule is CC(F)(F)c1ccc(Cl)c(CC(=O)C2CCOC2O)c1.CF. The molecule has 1 fully saturated rings. The predicted octanol–water partition coefficient (Wildman–Crippen LogP) is 3.50. The molecular formula is C15H18ClF3O3. The van der Waals surface area contributed by atoms with Crippen molar-refractivity contribution in [3.63, 3.8) is 0 Å². The summed E-state index contributed by atoms with van der Waals surface area (Å²) in [5.41, 5.74) is 0.155. The number of hydrogen-bond donors (Lipinski definition) is 1. The van der Waals surface area contributed by atoms with Crippen LogP contribution in [0.15, 0.2) is 18.2 Å². The number of Topliss-reactive ketones (excluding diaryl/α,β-unsaturated/α-hetero) is 1. The molecule has 7 heteroatoms. The fourth-order valence-corrected chi connectivity index (χ4v) is 2.38. The van der Waals surface area contributed by atoms with Crippen LogP contribution in [0, 0.1) is 5.92 Å². The maximum atomic E-state index is 13.3. The van der Waals surface area contributed by atoms with Crippen LogP contribution in [-0.2, 0) is 21.9 Å². The number of carbonyl (C=O) groups is 1. The van der Waals surface area contributed by atoms with Gasteiger partial charge in [-0.25, -0.2) is 8.78 Å². The van der Waals surface area contributed by atoms with Gasteiger partial charge in [-0.05, 0) is 24.1 Å². The fourth-order valence-electron chi connectivity index (χ4n) is 2.20. The smallest absolute Gasteiger partial charge is 0.270 e. The molecule has 0 amide bonds. The predicted molar refractivity (Wildman–Crippen MR) is 76.8 cm³/mol. The van der Waals surface area contributed by atoms with Gasteiger partial charge in [0.1, 0.15) is 5.78 Å². The van der Waals surface area contributed by atoms with Crippen LogP contribution in [0.1, 0.15) is 24.5 Å². The Balaban J connectivity index is 0.00000116. The molecule has 2 unspecified atom stereocenters. The standard InChI is InChI=1S/C14H15ClF2O3.CH3F/c1-14(16,17)9-2-3-11(15)8(6-9)7-12(18)10-4-5-20-13(10)19;1-2/h2-3,6,10,13,19H,4-5,7H2,1H3;1H3. The van der Waals surface area contributed by atoms with E-state index in [0.29, 0.717) is 25.8 Å². The average molecular weight is 339 g/mol. The summed E-state index contributed by atoms with van der Waals surface area (Å²) in [5.74, 6) is -3.86. The van der Waals surface area contributed by atoms with Gasteiger partial charge in [0, 0.05) is 23.9 Å². The molecule has 1 aromatic carbocycles. The summed E-state index contributed by atoms with van der Waals surface area (Å²) < 4.78 is 41.0. The first-order chi connectivity index (χ1) is 10.3. The molecule has 1 heterocycles. The highest BCUT2D eigenvalue weighted by Crippen LogP contribution is 2.31. The molecule has 1 aromatic rings. The minimum Gasteiger partial charge on any atom is -0.367 e. The van der Waals surface area contributed by atoms with Crippen molar-refractivity contribution in [2.45, 2.75) is 32.0 Å². The number of aliphatic hydroxyl groups is 1. The molecule has 0 bridgehead atoms. The van der Waals surface area contributed by atoms with Crippen LogP contribution < -0.4 is 0 Å². The summed E-state index contributed by atoms with van der Waals surface area (Å²) >= 11 is 5.94. The van der Waals surface area contributed by atoms with Gasteiger partial charge in [-0.2, -0.15) is 0 Å². The normalized spacial score (nSPS) is 21.2. The summed E-state index contributed by atoms with van der Waals surface area (Å²) in [7, 11) is 0.500. The molecule has 2 atom stereocenters. The first kappa shape index (κ1) is 18.9. The van der Waals surface area contributed by atoms with E-state index in [4.69, 9.17) is 16.3 Å². The first-order valence-corrected chi connectivity index (χ1v) is 7.03. The Morgan fingerprint density at radius 3 is 2.59 bits per heavy atom. The van der Waals surface area contributed by atoms with E-state index < -0.39 is 18.1 Å². The zero-order valence-electron chi connectivity index (χ0n) is 12.3. The van der Waals surface area contributed by atoms with Gasteiger partial charge in [0.2, 0.25) is 0 Å². The van der Waals surface area contributed by atoms with Crippen LogP contribution in [-0.4, -0.2) is 31.0 Å². The minimum atomic E-state index is -2.99. The summed E-state index contributed by atoms with van der Waals surface area (Å²) in [5, 5.41) is 9.76. The molecule has 3 nitrogen and oxygen atoms in total. The van der Waals surface area contributed by atoms with E-state index in [2.05, 4.69) is 0 Å². The van der Waals surface area contributed by atoms with Gasteiger partial charge >= 0.3 is 0 Å². The Morgan fingerprint density at radius 2 is 2.09 bits per heavy atom. The molecule has 0 saturated carbocycles. The third-order valence-electron chi connectivity index (χ3n) is 3.39. The zero-order chi connectivity index (χ0) is 16.9. The summed E-state index contributed by atoms with van der Waals surface area (Å²) in [6, 6.07) is 3.84. The highest BCUT2D eigenvalue weighted by atomic mass is 35.5. The van der Waals surface area contributed by atoms with Crippen molar-refractivity contribution in [1.29, 1.82) is 0 Å². The van der Waals surface area contributed by atoms with Crippen molar-refractivity contribution in [3.05, 3.63) is 34.3 Å². The molecule has 2 rings (SSSR count). The molecule has 0 radical (unpaired) electrons. The number of ketones is 1. The number of hydrogen-bond acceptors (Lipinski definition) is 3. The molecule has 1 aliphatic rings. The van der Waals surface area contributed by atoms with Crippen molar-refractivity contribution in [2.24, 2.45) is 5.92 Å². The third kappa shape index (κ3) is 4.69. The Labute approximate surface area is 132 Å². The Morgan fingerprint density at radius 1 is 1.45 bits per heavy atom. The van der Waals surface area contributed by atoms with Gasteiger partial charge in [0.15, 0.2) is 6.29 Å². The van der Waals surface area contributed by atoms with Crippen molar-refractivity contribution in [3.8, 4) is 0 Å². The Bertz CT molecular complexity index is 517. The van der Waals surface area contributed by atoms with Crippen LogP contribution >= 0.6 is 11.6 Å². The third-order valence-corrected chi connectivity index (χ3v) is 3.76. The maximum Gasteiger partial charge on any atom is 0.270 e. The van der Waals surface area contributed by atoms with Gasteiger partial charge in [-0.15, -0.1) is 0 Å². The van der Waals surface area contributed by atoms with Crippen LogP contribution in [0.25, 0.3) is 0 Å². The van der Waals surface area contributed by atoms with E-state index in [1.54, 1.807) is 0 Å². The lowest BCUT2D eigenvalue weighted by molar-refractivity contribution is -0.134. The molecule has 0 aliphatic carbocycles. The van der Waals surface area contributed by atoms with E-state index in [9.17, 15) is 23.1 Å². The number of alkyl halides is 3. The molecule has 1 N–H and O–H groups in total. The Hall–Kier alpha value is -1.11. The van der Waals surface area contributed by atoms with Gasteiger partial charge in [0.25, 0.3) is 5.92 Å². The van der Waals surface area contributed by atoms with E-state index >= 15 is 0 Å². The minimum absolute atomic E-state index is 0.0894. The average Bonchev–Trinajstić information content (AvgIpc) is 2.88. The lowest BCUT2D eigenvalue weighted by Gasteiger charge is -2.15. The second kappa shape index (κ2) is 7.94. The number of carbonyl (C=O) groups excluding carboxylic acids is 1. The summed E-state index contributed by atoms with van der Waals surface area (Å²) in [6.45, 7) is 1.11. The van der Waals surface area contributed by atoms with E-state index in [1.165, 1.54) is 18.2 Å². The second-order valence-corrected chi connectivity index (χ2v) is 5.40. The number of benzene rings is 1. The lowest BCUT2D eigenvalue weighted by atomic mass is 9.94. The van der Waals surface area contributed by atoms with E-state index in [0.717, 1.165) is 6.92 Å². The van der Waals surface area contributed by atoms with Crippen LogP contribution in [0.3, 0.4) is 0 Å². The van der Waals surface area contributed by atoms with Crippen LogP contribution in [0.4, 0.5) is 13.2 Å². The maximum absolute atomic E-state index is 13.3. The van der Waals surface area contributed by atoms with Crippen molar-refractivity contribution < 1.29 is 27.8 Å². The topological polar surface area (TPSA) is 46.5 Å². The summed E-state index contributed by atoms with van der Waals surface area (Å²) in [4.78, 5) is 12.1. The molecule has 1 aliphatic heterocycles. The zero-order valence-corrected chi connectivity index (χ0v) is 13.0. The van der Waals surface area contributed by atoms with Crippen LogP contribution in [0.5, 0.6) is 0 Å². The number of halogens is 4. The molecular weight excluding hydrogens is 321 g/mol. The first-order valence-electron chi connectivity index (χ1n) is 6.66. The molecule has 22 heavy (non-hydrogen) atoms.